The number of carboxylic acid groups (broad SMARTS) is 1. The Bertz CT molecular complexity index is 652. The van der Waals surface area contributed by atoms with Crippen molar-refractivity contribution in [1.82, 2.24) is 0 Å². The van der Waals surface area contributed by atoms with E-state index in [1.54, 1.807) is 0 Å². The lowest BCUT2D eigenvalue weighted by molar-refractivity contribution is -0.137. The molecule has 27 heavy (non-hydrogen) atoms. The summed E-state index contributed by atoms with van der Waals surface area (Å²) >= 11 is 0. The predicted octanol–water partition coefficient (Wildman–Crippen LogP) is 5.49. The molecule has 0 aromatic rings. The SMILES string of the molecule is C[C@@H](CCC(=O)O)[C@H]1CC[C@H]2[C@@H]3CC[C@@H]4CC(=O)CC[C@]4(C)[C@H]3C=C[C@]12C. The fraction of sp³-hybridized carbons (Fsp3) is 0.833. The Morgan fingerprint density at radius 3 is 2.78 bits per heavy atom. The summed E-state index contributed by atoms with van der Waals surface area (Å²) in [5, 5.41) is 9.08. The molecule has 0 amide bonds. The van der Waals surface area contributed by atoms with Crippen molar-refractivity contribution >= 4 is 11.8 Å². The van der Waals surface area contributed by atoms with Crippen LogP contribution in [0.25, 0.3) is 0 Å². The van der Waals surface area contributed by atoms with Gasteiger partial charge in [0.25, 0.3) is 0 Å². The number of hydrogen-bond acceptors (Lipinski definition) is 2. The topological polar surface area (TPSA) is 54.4 Å². The van der Waals surface area contributed by atoms with Crippen LogP contribution in [0.2, 0.25) is 0 Å². The van der Waals surface area contributed by atoms with Gasteiger partial charge in [0, 0.05) is 19.3 Å². The van der Waals surface area contributed by atoms with Crippen LogP contribution in [0.3, 0.4) is 0 Å². The van der Waals surface area contributed by atoms with E-state index in [0.29, 0.717) is 41.3 Å². The van der Waals surface area contributed by atoms with E-state index in [9.17, 15) is 9.59 Å². The summed E-state index contributed by atoms with van der Waals surface area (Å²) in [6, 6.07) is 0. The maximum atomic E-state index is 12.0. The van der Waals surface area contributed by atoms with Crippen LogP contribution in [0.15, 0.2) is 12.2 Å². The van der Waals surface area contributed by atoms with Gasteiger partial charge in [0.1, 0.15) is 5.78 Å². The molecule has 150 valence electrons. The Labute approximate surface area is 164 Å². The molecule has 0 aromatic heterocycles. The number of carbonyl (C=O) groups excluding carboxylic acids is 1. The first-order valence-corrected chi connectivity index (χ1v) is 11.2. The first-order valence-electron chi connectivity index (χ1n) is 11.2. The summed E-state index contributed by atoms with van der Waals surface area (Å²) < 4.78 is 0. The fourth-order valence-electron chi connectivity index (χ4n) is 7.91. The van der Waals surface area contributed by atoms with E-state index in [2.05, 4.69) is 32.9 Å². The minimum absolute atomic E-state index is 0.229. The number of fused-ring (bicyclic) bond motifs is 5. The van der Waals surface area contributed by atoms with Gasteiger partial charge >= 0.3 is 5.97 Å². The zero-order valence-electron chi connectivity index (χ0n) is 17.2. The third-order valence-electron chi connectivity index (χ3n) is 9.49. The minimum atomic E-state index is -0.668. The second-order valence-electron chi connectivity index (χ2n) is 10.6. The van der Waals surface area contributed by atoms with Crippen LogP contribution in [0.4, 0.5) is 0 Å². The number of carboxylic acids is 1. The Hall–Kier alpha value is -1.12. The Balaban J connectivity index is 1.57. The average Bonchev–Trinajstić information content (AvgIpc) is 2.97. The van der Waals surface area contributed by atoms with Crippen molar-refractivity contribution in [3.8, 4) is 0 Å². The number of hydrogen-bond donors (Lipinski definition) is 1. The number of rotatable bonds is 4. The normalized spacial score (nSPS) is 47.1. The largest absolute Gasteiger partial charge is 0.481 e. The van der Waals surface area contributed by atoms with Crippen molar-refractivity contribution < 1.29 is 14.7 Å². The van der Waals surface area contributed by atoms with Gasteiger partial charge in [-0.05, 0) is 84.9 Å². The first kappa shape index (κ1) is 19.2. The highest BCUT2D eigenvalue weighted by molar-refractivity contribution is 5.79. The molecule has 3 fully saturated rings. The van der Waals surface area contributed by atoms with Crippen LogP contribution >= 0.6 is 0 Å². The van der Waals surface area contributed by atoms with Crippen LogP contribution in [0.5, 0.6) is 0 Å². The number of allylic oxidation sites excluding steroid dienone is 2. The molecule has 0 heterocycles. The van der Waals surface area contributed by atoms with Crippen LogP contribution in [-0.4, -0.2) is 16.9 Å². The molecule has 3 saturated carbocycles. The lowest BCUT2D eigenvalue weighted by Gasteiger charge is -2.58. The number of ketones is 1. The Kier molecular flexibility index (Phi) is 4.79. The smallest absolute Gasteiger partial charge is 0.303 e. The molecule has 0 saturated heterocycles. The number of aliphatic carboxylic acids is 1. The molecule has 0 spiro atoms. The highest BCUT2D eigenvalue weighted by atomic mass is 16.4. The van der Waals surface area contributed by atoms with Gasteiger partial charge in [0.05, 0.1) is 0 Å². The van der Waals surface area contributed by atoms with Crippen molar-refractivity contribution in [2.45, 2.75) is 78.6 Å². The Morgan fingerprint density at radius 1 is 1.26 bits per heavy atom. The van der Waals surface area contributed by atoms with Gasteiger partial charge in [-0.1, -0.05) is 32.9 Å². The molecule has 0 unspecified atom stereocenters. The van der Waals surface area contributed by atoms with Crippen molar-refractivity contribution in [2.24, 2.45) is 46.3 Å². The lowest BCUT2D eigenvalue weighted by atomic mass is 9.46. The van der Waals surface area contributed by atoms with Crippen LogP contribution in [0, 0.1) is 46.3 Å². The second-order valence-corrected chi connectivity index (χ2v) is 10.6. The molecular formula is C24H36O3. The average molecular weight is 373 g/mol. The van der Waals surface area contributed by atoms with Crippen molar-refractivity contribution in [3.63, 3.8) is 0 Å². The van der Waals surface area contributed by atoms with E-state index in [-0.39, 0.29) is 5.41 Å². The quantitative estimate of drug-likeness (QED) is 0.664. The maximum absolute atomic E-state index is 12.0. The first-order chi connectivity index (χ1) is 12.8. The highest BCUT2D eigenvalue weighted by Crippen LogP contribution is 2.65. The summed E-state index contributed by atoms with van der Waals surface area (Å²) in [5.41, 5.74) is 0.536. The van der Waals surface area contributed by atoms with Gasteiger partial charge in [-0.2, -0.15) is 0 Å². The van der Waals surface area contributed by atoms with Crippen LogP contribution in [-0.2, 0) is 9.59 Å². The zero-order chi connectivity index (χ0) is 19.4. The number of carbonyl (C=O) groups is 2. The van der Waals surface area contributed by atoms with E-state index in [1.165, 1.54) is 25.7 Å². The third-order valence-corrected chi connectivity index (χ3v) is 9.49. The van der Waals surface area contributed by atoms with E-state index in [4.69, 9.17) is 5.11 Å². The van der Waals surface area contributed by atoms with Crippen molar-refractivity contribution in [2.75, 3.05) is 0 Å². The monoisotopic (exact) mass is 372 g/mol. The van der Waals surface area contributed by atoms with Crippen molar-refractivity contribution in [3.05, 3.63) is 12.2 Å². The molecule has 8 atom stereocenters. The van der Waals surface area contributed by atoms with Gasteiger partial charge in [0.15, 0.2) is 0 Å². The predicted molar refractivity (Wildman–Crippen MR) is 106 cm³/mol. The van der Waals surface area contributed by atoms with Gasteiger partial charge < -0.3 is 5.11 Å². The summed E-state index contributed by atoms with van der Waals surface area (Å²) in [4.78, 5) is 23.0. The molecular weight excluding hydrogens is 336 g/mol. The molecule has 1 N–H and O–H groups in total. The molecule has 0 aromatic carbocycles. The maximum Gasteiger partial charge on any atom is 0.303 e. The van der Waals surface area contributed by atoms with E-state index >= 15 is 0 Å². The van der Waals surface area contributed by atoms with Crippen molar-refractivity contribution in [1.29, 1.82) is 0 Å². The summed E-state index contributed by atoms with van der Waals surface area (Å²) in [6.07, 6.45) is 13.9. The summed E-state index contributed by atoms with van der Waals surface area (Å²) in [6.45, 7) is 7.19. The molecule has 4 rings (SSSR count). The molecule has 0 bridgehead atoms. The molecule has 3 heteroatoms. The van der Waals surface area contributed by atoms with E-state index in [0.717, 1.165) is 37.5 Å². The third kappa shape index (κ3) is 3.00. The zero-order valence-corrected chi connectivity index (χ0v) is 17.2. The fourth-order valence-corrected chi connectivity index (χ4v) is 7.91. The molecule has 0 radical (unpaired) electrons. The second kappa shape index (κ2) is 6.74. The molecule has 4 aliphatic carbocycles. The van der Waals surface area contributed by atoms with Gasteiger partial charge in [-0.25, -0.2) is 0 Å². The van der Waals surface area contributed by atoms with Crippen LogP contribution < -0.4 is 0 Å². The molecule has 0 aliphatic heterocycles. The number of Topliss-reactive ketones (excluding diaryl/α,β-unsaturated/α-hetero) is 1. The van der Waals surface area contributed by atoms with Crippen LogP contribution in [0.1, 0.15) is 78.6 Å². The van der Waals surface area contributed by atoms with Gasteiger partial charge in [-0.3, -0.25) is 9.59 Å². The lowest BCUT2D eigenvalue weighted by Crippen LogP contribution is -2.51. The Morgan fingerprint density at radius 2 is 2.04 bits per heavy atom. The van der Waals surface area contributed by atoms with Gasteiger partial charge in [0.2, 0.25) is 0 Å². The summed E-state index contributed by atoms with van der Waals surface area (Å²) in [5.74, 6) is 3.60. The highest BCUT2D eigenvalue weighted by Gasteiger charge is 2.58. The standard InChI is InChI=1S/C24H36O3/c1-15(4-9-22(26)27)19-7-8-20-18-6-5-16-14-17(25)10-12-23(16,2)21(18)11-13-24(19,20)3/h11,13,15-16,18-21H,4-10,12,14H2,1-3H3,(H,26,27)/t15-,16+,18-,19+,20-,21-,23-,24+/m0/s1. The molecule has 3 nitrogen and oxygen atoms in total. The summed E-state index contributed by atoms with van der Waals surface area (Å²) in [7, 11) is 0. The van der Waals surface area contributed by atoms with Gasteiger partial charge in [-0.15, -0.1) is 0 Å². The van der Waals surface area contributed by atoms with E-state index < -0.39 is 5.97 Å². The molecule has 4 aliphatic rings. The minimum Gasteiger partial charge on any atom is -0.481 e. The van der Waals surface area contributed by atoms with E-state index in [1.807, 2.05) is 0 Å².